The van der Waals surface area contributed by atoms with Crippen LogP contribution < -0.4 is 0 Å². The van der Waals surface area contributed by atoms with Gasteiger partial charge in [-0.2, -0.15) is 10.5 Å². The van der Waals surface area contributed by atoms with Crippen LogP contribution in [0.15, 0.2) is 0 Å². The van der Waals surface area contributed by atoms with E-state index in [1.807, 2.05) is 0 Å². The first-order valence-corrected chi connectivity index (χ1v) is 6.54. The Morgan fingerprint density at radius 3 is 2.35 bits per heavy atom. The SMILES string of the molecule is CCC(C#N)N1CCN(CCCCC#N)CC1. The van der Waals surface area contributed by atoms with Gasteiger partial charge in [-0.3, -0.25) is 4.90 Å². The fourth-order valence-corrected chi connectivity index (χ4v) is 2.27. The van der Waals surface area contributed by atoms with Gasteiger partial charge in [0.2, 0.25) is 0 Å². The fourth-order valence-electron chi connectivity index (χ4n) is 2.27. The van der Waals surface area contributed by atoms with Crippen LogP contribution in [0.1, 0.15) is 32.6 Å². The van der Waals surface area contributed by atoms with Gasteiger partial charge in [-0.25, -0.2) is 0 Å². The van der Waals surface area contributed by atoms with Gasteiger partial charge in [0, 0.05) is 32.6 Å². The molecule has 17 heavy (non-hydrogen) atoms. The summed E-state index contributed by atoms with van der Waals surface area (Å²) in [5.74, 6) is 0. The molecule has 4 heteroatoms. The van der Waals surface area contributed by atoms with E-state index in [9.17, 15) is 0 Å². The number of hydrogen-bond acceptors (Lipinski definition) is 4. The fraction of sp³-hybridized carbons (Fsp3) is 0.846. The summed E-state index contributed by atoms with van der Waals surface area (Å²) in [7, 11) is 0. The summed E-state index contributed by atoms with van der Waals surface area (Å²) in [5, 5.41) is 17.5. The van der Waals surface area contributed by atoms with Gasteiger partial charge in [-0.15, -0.1) is 0 Å². The van der Waals surface area contributed by atoms with E-state index in [2.05, 4.69) is 28.9 Å². The number of nitriles is 2. The van der Waals surface area contributed by atoms with Crippen LogP contribution in [0.4, 0.5) is 0 Å². The predicted molar refractivity (Wildman–Crippen MR) is 67.2 cm³/mol. The number of rotatable bonds is 6. The second-order valence-corrected chi connectivity index (χ2v) is 4.55. The largest absolute Gasteiger partial charge is 0.301 e. The van der Waals surface area contributed by atoms with Crippen LogP contribution >= 0.6 is 0 Å². The molecular weight excluding hydrogens is 212 g/mol. The number of hydrogen-bond donors (Lipinski definition) is 0. The molecule has 0 aromatic rings. The molecule has 94 valence electrons. The third-order valence-corrected chi connectivity index (χ3v) is 3.40. The van der Waals surface area contributed by atoms with Crippen molar-refractivity contribution in [1.82, 2.24) is 9.80 Å². The zero-order valence-corrected chi connectivity index (χ0v) is 10.7. The highest BCUT2D eigenvalue weighted by Gasteiger charge is 2.21. The molecule has 1 unspecified atom stereocenters. The minimum atomic E-state index is 0.0933. The Labute approximate surface area is 104 Å². The van der Waals surface area contributed by atoms with E-state index in [1.54, 1.807) is 0 Å². The molecule has 0 saturated carbocycles. The zero-order chi connectivity index (χ0) is 12.5. The van der Waals surface area contributed by atoms with Crippen molar-refractivity contribution < 1.29 is 0 Å². The van der Waals surface area contributed by atoms with Gasteiger partial charge in [-0.05, 0) is 25.8 Å². The van der Waals surface area contributed by atoms with Gasteiger partial charge in [0.25, 0.3) is 0 Å². The van der Waals surface area contributed by atoms with Crippen molar-refractivity contribution in [3.05, 3.63) is 0 Å². The van der Waals surface area contributed by atoms with E-state index in [0.29, 0.717) is 6.42 Å². The molecule has 0 amide bonds. The number of piperazine rings is 1. The van der Waals surface area contributed by atoms with Crippen LogP contribution in [-0.2, 0) is 0 Å². The maximum Gasteiger partial charge on any atom is 0.0976 e. The molecule has 1 atom stereocenters. The van der Waals surface area contributed by atoms with E-state index in [4.69, 9.17) is 10.5 Å². The molecule has 0 bridgehead atoms. The molecule has 1 aliphatic heterocycles. The van der Waals surface area contributed by atoms with Gasteiger partial charge in [0.15, 0.2) is 0 Å². The normalized spacial score (nSPS) is 19.5. The van der Waals surface area contributed by atoms with Crippen molar-refractivity contribution in [2.24, 2.45) is 0 Å². The van der Waals surface area contributed by atoms with Gasteiger partial charge < -0.3 is 4.90 Å². The minimum Gasteiger partial charge on any atom is -0.301 e. The molecule has 0 aromatic heterocycles. The van der Waals surface area contributed by atoms with Crippen molar-refractivity contribution >= 4 is 0 Å². The Morgan fingerprint density at radius 1 is 1.12 bits per heavy atom. The van der Waals surface area contributed by atoms with Crippen LogP contribution in [0.5, 0.6) is 0 Å². The summed E-state index contributed by atoms with van der Waals surface area (Å²) in [6.45, 7) is 7.30. The second-order valence-electron chi connectivity index (χ2n) is 4.55. The average molecular weight is 234 g/mol. The highest BCUT2D eigenvalue weighted by molar-refractivity contribution is 4.92. The summed E-state index contributed by atoms with van der Waals surface area (Å²) in [5.41, 5.74) is 0. The molecule has 4 nitrogen and oxygen atoms in total. The van der Waals surface area contributed by atoms with E-state index in [1.165, 1.54) is 0 Å². The molecule has 1 heterocycles. The van der Waals surface area contributed by atoms with Crippen molar-refractivity contribution in [2.45, 2.75) is 38.6 Å². The molecule has 0 aliphatic carbocycles. The topological polar surface area (TPSA) is 54.1 Å². The lowest BCUT2D eigenvalue weighted by molar-refractivity contribution is 0.111. The summed E-state index contributed by atoms with van der Waals surface area (Å²) < 4.78 is 0. The van der Waals surface area contributed by atoms with Gasteiger partial charge in [-0.1, -0.05) is 6.92 Å². The number of nitrogens with zero attached hydrogens (tertiary/aromatic N) is 4. The van der Waals surface area contributed by atoms with Crippen molar-refractivity contribution in [1.29, 1.82) is 10.5 Å². The van der Waals surface area contributed by atoms with E-state index >= 15 is 0 Å². The monoisotopic (exact) mass is 234 g/mol. The molecule has 1 aliphatic rings. The van der Waals surface area contributed by atoms with E-state index in [0.717, 1.165) is 52.0 Å². The highest BCUT2D eigenvalue weighted by atomic mass is 15.3. The Morgan fingerprint density at radius 2 is 1.82 bits per heavy atom. The molecule has 1 saturated heterocycles. The molecule has 0 N–H and O–H groups in total. The Balaban J connectivity index is 2.18. The standard InChI is InChI=1S/C13H22N4/c1-2-13(12-15)17-10-8-16(9-11-17)7-5-3-4-6-14/h13H,2-5,7-11H2,1H3. The molecule has 0 aromatic carbocycles. The summed E-state index contributed by atoms with van der Waals surface area (Å²) >= 11 is 0. The quantitative estimate of drug-likeness (QED) is 0.655. The summed E-state index contributed by atoms with van der Waals surface area (Å²) in [6, 6.07) is 4.64. The van der Waals surface area contributed by atoms with Crippen molar-refractivity contribution in [2.75, 3.05) is 32.7 Å². The summed E-state index contributed by atoms with van der Waals surface area (Å²) in [6.07, 6.45) is 3.71. The van der Waals surface area contributed by atoms with Gasteiger partial charge in [0.1, 0.15) is 0 Å². The maximum absolute atomic E-state index is 9.01. The third kappa shape index (κ3) is 4.73. The van der Waals surface area contributed by atoms with Crippen LogP contribution in [-0.4, -0.2) is 48.6 Å². The Kier molecular flexibility index (Phi) is 6.62. The molecule has 0 spiro atoms. The van der Waals surface area contributed by atoms with E-state index < -0.39 is 0 Å². The Hall–Kier alpha value is -1.10. The van der Waals surface area contributed by atoms with Crippen LogP contribution in [0.3, 0.4) is 0 Å². The zero-order valence-electron chi connectivity index (χ0n) is 10.7. The van der Waals surface area contributed by atoms with Gasteiger partial charge >= 0.3 is 0 Å². The first kappa shape index (κ1) is 14.0. The van der Waals surface area contributed by atoms with Crippen LogP contribution in [0, 0.1) is 22.7 Å². The molecule has 0 radical (unpaired) electrons. The van der Waals surface area contributed by atoms with E-state index in [-0.39, 0.29) is 6.04 Å². The maximum atomic E-state index is 9.01. The predicted octanol–water partition coefficient (Wildman–Crippen LogP) is 1.60. The second kappa shape index (κ2) is 8.06. The number of unbranched alkanes of at least 4 members (excludes halogenated alkanes) is 2. The molecule has 1 fully saturated rings. The third-order valence-electron chi connectivity index (χ3n) is 3.40. The lowest BCUT2D eigenvalue weighted by atomic mass is 10.1. The lowest BCUT2D eigenvalue weighted by Gasteiger charge is -2.36. The van der Waals surface area contributed by atoms with Crippen LogP contribution in [0.25, 0.3) is 0 Å². The van der Waals surface area contributed by atoms with Crippen molar-refractivity contribution in [3.63, 3.8) is 0 Å². The molecule has 1 rings (SSSR count). The minimum absolute atomic E-state index is 0.0933. The van der Waals surface area contributed by atoms with Crippen LogP contribution in [0.2, 0.25) is 0 Å². The van der Waals surface area contributed by atoms with Gasteiger partial charge in [0.05, 0.1) is 18.2 Å². The highest BCUT2D eigenvalue weighted by Crippen LogP contribution is 2.09. The first-order valence-electron chi connectivity index (χ1n) is 6.54. The molecular formula is C13H22N4. The Bertz CT molecular complexity index is 281. The lowest BCUT2D eigenvalue weighted by Crippen LogP contribution is -2.49. The first-order chi connectivity index (χ1) is 8.31. The average Bonchev–Trinajstić information content (AvgIpc) is 2.38. The van der Waals surface area contributed by atoms with Crippen molar-refractivity contribution in [3.8, 4) is 12.1 Å². The smallest absolute Gasteiger partial charge is 0.0976 e. The summed E-state index contributed by atoms with van der Waals surface area (Å²) in [4.78, 5) is 4.73.